The molecule has 1 aromatic carbocycles. The van der Waals surface area contributed by atoms with Gasteiger partial charge in [0.2, 0.25) is 5.91 Å². The number of amides is 1. The van der Waals surface area contributed by atoms with E-state index in [1.54, 1.807) is 0 Å². The van der Waals surface area contributed by atoms with Crippen LogP contribution in [0.25, 0.3) is 0 Å². The third-order valence-corrected chi connectivity index (χ3v) is 5.07. The minimum atomic E-state index is 0.119. The van der Waals surface area contributed by atoms with Crippen LogP contribution in [0.15, 0.2) is 24.3 Å². The van der Waals surface area contributed by atoms with Crippen molar-refractivity contribution in [1.82, 2.24) is 5.32 Å². The first-order valence-electron chi connectivity index (χ1n) is 8.76. The van der Waals surface area contributed by atoms with Crippen LogP contribution in [0.3, 0.4) is 0 Å². The van der Waals surface area contributed by atoms with Gasteiger partial charge in [-0.3, -0.25) is 4.79 Å². The van der Waals surface area contributed by atoms with Crippen molar-refractivity contribution in [3.63, 3.8) is 0 Å². The van der Waals surface area contributed by atoms with E-state index in [0.717, 1.165) is 18.8 Å². The zero-order valence-electron chi connectivity index (χ0n) is 13.4. The number of hydrogen-bond acceptors (Lipinski definition) is 2. The van der Waals surface area contributed by atoms with E-state index in [1.165, 1.54) is 43.2 Å². The van der Waals surface area contributed by atoms with Gasteiger partial charge in [-0.2, -0.15) is 0 Å². The SMILES string of the molecule is O=C(CCC1CCCCC1)NCC1Cc2ccccc2CO1. The number of hydrogen-bond donors (Lipinski definition) is 1. The maximum Gasteiger partial charge on any atom is 0.220 e. The van der Waals surface area contributed by atoms with Gasteiger partial charge in [-0.15, -0.1) is 0 Å². The van der Waals surface area contributed by atoms with Gasteiger partial charge in [0.15, 0.2) is 0 Å². The predicted molar refractivity (Wildman–Crippen MR) is 87.5 cm³/mol. The Morgan fingerprint density at radius 1 is 1.14 bits per heavy atom. The Hall–Kier alpha value is -1.35. The lowest BCUT2D eigenvalue weighted by atomic mass is 9.86. The van der Waals surface area contributed by atoms with E-state index in [4.69, 9.17) is 4.74 Å². The average Bonchev–Trinajstić information content (AvgIpc) is 2.59. The maximum absolute atomic E-state index is 12.0. The molecule has 1 fully saturated rings. The molecule has 1 amide bonds. The molecule has 1 heterocycles. The van der Waals surface area contributed by atoms with Gasteiger partial charge in [0.1, 0.15) is 0 Å². The molecule has 1 unspecified atom stereocenters. The average molecular weight is 301 g/mol. The molecule has 0 aromatic heterocycles. The van der Waals surface area contributed by atoms with Crippen molar-refractivity contribution in [1.29, 1.82) is 0 Å². The molecule has 3 nitrogen and oxygen atoms in total. The van der Waals surface area contributed by atoms with Crippen LogP contribution < -0.4 is 5.32 Å². The van der Waals surface area contributed by atoms with Crippen molar-refractivity contribution < 1.29 is 9.53 Å². The highest BCUT2D eigenvalue weighted by molar-refractivity contribution is 5.75. The molecule has 1 atom stereocenters. The van der Waals surface area contributed by atoms with Gasteiger partial charge in [-0.05, 0) is 23.5 Å². The summed E-state index contributed by atoms with van der Waals surface area (Å²) < 4.78 is 5.83. The number of benzene rings is 1. The second kappa shape index (κ2) is 7.77. The molecule has 2 aliphatic rings. The fourth-order valence-electron chi connectivity index (χ4n) is 3.67. The lowest BCUT2D eigenvalue weighted by Crippen LogP contribution is -2.36. The molecular formula is C19H27NO2. The number of fused-ring (bicyclic) bond motifs is 1. The highest BCUT2D eigenvalue weighted by Crippen LogP contribution is 2.27. The molecule has 3 rings (SSSR count). The number of rotatable bonds is 5. The second-order valence-corrected chi connectivity index (χ2v) is 6.75. The second-order valence-electron chi connectivity index (χ2n) is 6.75. The van der Waals surface area contributed by atoms with Crippen LogP contribution in [0.2, 0.25) is 0 Å². The maximum atomic E-state index is 12.0. The molecule has 1 aliphatic carbocycles. The fourth-order valence-corrected chi connectivity index (χ4v) is 3.67. The molecule has 0 saturated heterocycles. The van der Waals surface area contributed by atoms with Crippen LogP contribution in [-0.4, -0.2) is 18.6 Å². The smallest absolute Gasteiger partial charge is 0.220 e. The monoisotopic (exact) mass is 301 g/mol. The van der Waals surface area contributed by atoms with Crippen molar-refractivity contribution in [2.24, 2.45) is 5.92 Å². The molecule has 1 aliphatic heterocycles. The van der Waals surface area contributed by atoms with Gasteiger partial charge in [0.05, 0.1) is 12.7 Å². The van der Waals surface area contributed by atoms with Crippen LogP contribution >= 0.6 is 0 Å². The largest absolute Gasteiger partial charge is 0.371 e. The molecule has 1 aromatic rings. The Balaban J connectivity index is 1.37. The van der Waals surface area contributed by atoms with Crippen molar-refractivity contribution in [3.05, 3.63) is 35.4 Å². The van der Waals surface area contributed by atoms with Gasteiger partial charge in [-0.25, -0.2) is 0 Å². The first-order chi connectivity index (χ1) is 10.8. The summed E-state index contributed by atoms with van der Waals surface area (Å²) in [5.41, 5.74) is 2.64. The van der Waals surface area contributed by atoms with E-state index in [2.05, 4.69) is 29.6 Å². The number of carbonyl (C=O) groups excluding carboxylic acids is 1. The summed E-state index contributed by atoms with van der Waals surface area (Å²) in [5, 5.41) is 3.06. The van der Waals surface area contributed by atoms with Crippen LogP contribution in [-0.2, 0) is 22.6 Å². The van der Waals surface area contributed by atoms with E-state index in [-0.39, 0.29) is 12.0 Å². The molecule has 1 N–H and O–H groups in total. The molecule has 1 saturated carbocycles. The minimum absolute atomic E-state index is 0.119. The van der Waals surface area contributed by atoms with Gasteiger partial charge in [-0.1, -0.05) is 56.4 Å². The zero-order chi connectivity index (χ0) is 15.2. The van der Waals surface area contributed by atoms with Gasteiger partial charge in [0.25, 0.3) is 0 Å². The summed E-state index contributed by atoms with van der Waals surface area (Å²) in [5.74, 6) is 0.963. The first-order valence-corrected chi connectivity index (χ1v) is 8.76. The molecular weight excluding hydrogens is 274 g/mol. The minimum Gasteiger partial charge on any atom is -0.371 e. The lowest BCUT2D eigenvalue weighted by Gasteiger charge is -2.25. The van der Waals surface area contributed by atoms with Gasteiger partial charge >= 0.3 is 0 Å². The first kappa shape index (κ1) is 15.5. The van der Waals surface area contributed by atoms with Crippen molar-refractivity contribution in [2.45, 2.75) is 64.1 Å². The van der Waals surface area contributed by atoms with Crippen molar-refractivity contribution >= 4 is 5.91 Å². The number of carbonyl (C=O) groups is 1. The van der Waals surface area contributed by atoms with E-state index in [0.29, 0.717) is 19.6 Å². The number of nitrogens with one attached hydrogen (secondary N) is 1. The van der Waals surface area contributed by atoms with E-state index in [1.807, 2.05) is 0 Å². The highest BCUT2D eigenvalue weighted by atomic mass is 16.5. The standard InChI is InChI=1S/C19H27NO2/c21-19(11-10-15-6-2-1-3-7-15)20-13-18-12-16-8-4-5-9-17(16)14-22-18/h4-5,8-9,15,18H,1-3,6-7,10-14H2,(H,20,21). The Morgan fingerprint density at radius 2 is 1.91 bits per heavy atom. The zero-order valence-corrected chi connectivity index (χ0v) is 13.4. The summed E-state index contributed by atoms with van der Waals surface area (Å²) in [6.07, 6.45) is 9.46. The molecule has 120 valence electrons. The number of ether oxygens (including phenoxy) is 1. The third-order valence-electron chi connectivity index (χ3n) is 5.07. The van der Waals surface area contributed by atoms with Crippen LogP contribution in [0.1, 0.15) is 56.1 Å². The summed E-state index contributed by atoms with van der Waals surface area (Å²) in [6.45, 7) is 1.30. The van der Waals surface area contributed by atoms with E-state index in [9.17, 15) is 4.79 Å². The summed E-state index contributed by atoms with van der Waals surface area (Å²) in [7, 11) is 0. The Morgan fingerprint density at radius 3 is 2.73 bits per heavy atom. The van der Waals surface area contributed by atoms with Crippen LogP contribution in [0, 0.1) is 5.92 Å². The topological polar surface area (TPSA) is 38.3 Å². The molecule has 3 heteroatoms. The fraction of sp³-hybridized carbons (Fsp3) is 0.632. The highest BCUT2D eigenvalue weighted by Gasteiger charge is 2.20. The lowest BCUT2D eigenvalue weighted by molar-refractivity contribution is -0.122. The molecule has 0 bridgehead atoms. The quantitative estimate of drug-likeness (QED) is 0.902. The third kappa shape index (κ3) is 4.33. The predicted octanol–water partition coefficient (Wildman–Crippen LogP) is 3.60. The summed E-state index contributed by atoms with van der Waals surface area (Å²) in [4.78, 5) is 12.0. The van der Waals surface area contributed by atoms with Gasteiger partial charge in [0, 0.05) is 19.4 Å². The normalized spacial score (nSPS) is 22.1. The van der Waals surface area contributed by atoms with Crippen LogP contribution in [0.4, 0.5) is 0 Å². The summed E-state index contributed by atoms with van der Waals surface area (Å²) in [6, 6.07) is 8.41. The molecule has 0 spiro atoms. The van der Waals surface area contributed by atoms with Gasteiger partial charge < -0.3 is 10.1 Å². The van der Waals surface area contributed by atoms with Crippen LogP contribution in [0.5, 0.6) is 0 Å². The van der Waals surface area contributed by atoms with E-state index >= 15 is 0 Å². The molecule has 0 radical (unpaired) electrons. The van der Waals surface area contributed by atoms with Crippen molar-refractivity contribution in [3.8, 4) is 0 Å². The Kier molecular flexibility index (Phi) is 5.49. The summed E-state index contributed by atoms with van der Waals surface area (Å²) >= 11 is 0. The molecule has 22 heavy (non-hydrogen) atoms. The Bertz CT molecular complexity index is 494. The Labute approximate surface area is 133 Å². The van der Waals surface area contributed by atoms with Crippen molar-refractivity contribution in [2.75, 3.05) is 6.54 Å². The van der Waals surface area contributed by atoms with E-state index < -0.39 is 0 Å².